The zero-order valence-corrected chi connectivity index (χ0v) is 24.6. The van der Waals surface area contributed by atoms with Crippen molar-refractivity contribution in [3.8, 4) is 0 Å². The molecule has 1 saturated heterocycles. The van der Waals surface area contributed by atoms with Gasteiger partial charge in [0.2, 0.25) is 5.78 Å². The molecule has 220 valence electrons. The lowest BCUT2D eigenvalue weighted by Gasteiger charge is -2.49. The van der Waals surface area contributed by atoms with Gasteiger partial charge >= 0.3 is 0 Å². The van der Waals surface area contributed by atoms with Crippen molar-refractivity contribution in [1.82, 2.24) is 9.80 Å². The maximum Gasteiger partial charge on any atom is 0.228 e. The summed E-state index contributed by atoms with van der Waals surface area (Å²) in [7, 11) is 0. The summed E-state index contributed by atoms with van der Waals surface area (Å²) in [5.41, 5.74) is 2.47. The highest BCUT2D eigenvalue weighted by molar-refractivity contribution is 6.08. The van der Waals surface area contributed by atoms with Crippen LogP contribution < -0.4 is 0 Å². The molecular weight excluding hydrogens is 514 g/mol. The smallest absolute Gasteiger partial charge is 0.228 e. The Morgan fingerprint density at radius 2 is 2.00 bits per heavy atom. The zero-order valence-electron chi connectivity index (χ0n) is 24.6. The Labute approximate surface area is 243 Å². The lowest BCUT2D eigenvalue weighted by atomic mass is 9.64. The molecule has 0 unspecified atom stereocenters. The molecule has 7 nitrogen and oxygen atoms in total. The van der Waals surface area contributed by atoms with Crippen molar-refractivity contribution in [2.75, 3.05) is 32.7 Å². The Morgan fingerprint density at radius 1 is 1.15 bits per heavy atom. The van der Waals surface area contributed by atoms with Crippen molar-refractivity contribution in [2.24, 2.45) is 10.4 Å². The summed E-state index contributed by atoms with van der Waals surface area (Å²) in [4.78, 5) is 23.5. The summed E-state index contributed by atoms with van der Waals surface area (Å²) in [5.74, 6) is 1.25. The Hall–Kier alpha value is -2.90. The maximum atomic E-state index is 13.8. The predicted molar refractivity (Wildman–Crippen MR) is 160 cm³/mol. The number of hydrogen-bond donors (Lipinski definition) is 2. The van der Waals surface area contributed by atoms with Crippen molar-refractivity contribution in [1.29, 1.82) is 0 Å². The van der Waals surface area contributed by atoms with E-state index in [0.717, 1.165) is 81.8 Å². The van der Waals surface area contributed by atoms with Crippen molar-refractivity contribution in [3.63, 3.8) is 0 Å². The minimum atomic E-state index is -0.931. The second kappa shape index (κ2) is 11.4. The van der Waals surface area contributed by atoms with Crippen molar-refractivity contribution in [2.45, 2.75) is 89.3 Å². The standard InChI is InChI=1S/C34H45N3O4/c1-24-7-3-14-33(2)29(13-15-34(33,40)23-37-19-6-18-36-17-5-16-35-32(36)37)27-12-10-25(21-26(38)11-9-24)22-28(27)31(39)30-8-4-20-41-30/h4,7-8,10,12,20,22,26,29,38,40H,3,5-6,9,11,13-19,21,23H2,1-2H3/t26-,29-,33-,34+/m0/s1. The largest absolute Gasteiger partial charge is 0.461 e. The van der Waals surface area contributed by atoms with Gasteiger partial charge in [0.15, 0.2) is 11.7 Å². The third kappa shape index (κ3) is 5.39. The molecule has 2 aromatic rings. The number of aliphatic imine (C=N–C) groups is 1. The van der Waals surface area contributed by atoms with Crippen molar-refractivity contribution >= 4 is 11.7 Å². The number of allylic oxidation sites excluding steroid dienone is 2. The molecule has 7 rings (SSSR count). The highest BCUT2D eigenvalue weighted by Gasteiger charge is 2.57. The van der Waals surface area contributed by atoms with Gasteiger partial charge in [0.25, 0.3) is 0 Å². The van der Waals surface area contributed by atoms with Gasteiger partial charge in [-0.25, -0.2) is 0 Å². The van der Waals surface area contributed by atoms with Gasteiger partial charge in [-0.15, -0.1) is 0 Å². The van der Waals surface area contributed by atoms with E-state index in [1.54, 1.807) is 12.1 Å². The summed E-state index contributed by atoms with van der Waals surface area (Å²) in [6, 6.07) is 9.59. The summed E-state index contributed by atoms with van der Waals surface area (Å²) >= 11 is 0. The van der Waals surface area contributed by atoms with Crippen LogP contribution in [0.2, 0.25) is 0 Å². The molecule has 1 aromatic heterocycles. The van der Waals surface area contributed by atoms with Crippen LogP contribution in [-0.4, -0.2) is 76.2 Å². The number of aliphatic hydroxyl groups is 2. The molecule has 0 spiro atoms. The first-order valence-corrected chi connectivity index (χ1v) is 15.6. The number of aliphatic hydroxyl groups excluding tert-OH is 1. The molecule has 2 N–H and O–H groups in total. The summed E-state index contributed by atoms with van der Waals surface area (Å²) in [5, 5.41) is 23.5. The Morgan fingerprint density at radius 3 is 2.83 bits per heavy atom. The number of carbonyl (C=O) groups is 1. The fraction of sp³-hybridized carbons (Fsp3) is 0.588. The molecule has 4 atom stereocenters. The van der Waals surface area contributed by atoms with E-state index in [1.165, 1.54) is 11.8 Å². The zero-order chi connectivity index (χ0) is 28.6. The fourth-order valence-corrected chi connectivity index (χ4v) is 7.91. The van der Waals surface area contributed by atoms with E-state index in [2.05, 4.69) is 41.9 Å². The number of ketones is 1. The Balaban J connectivity index is 1.41. The SMILES string of the molecule is CC1=CCC[C@@]2(C)[C@@H](CC[C@@]2(O)CN2CCCN3CCCN=C32)c2ccc(cc2C(=O)c2ccco2)C[C@@H](O)CC1. The molecule has 7 heteroatoms. The number of rotatable bonds is 4. The van der Waals surface area contributed by atoms with Crippen LogP contribution in [0.3, 0.4) is 0 Å². The number of carbonyl (C=O) groups excluding carboxylic acids is 1. The van der Waals surface area contributed by atoms with Crippen molar-refractivity contribution < 1.29 is 19.4 Å². The molecule has 3 heterocycles. The average molecular weight is 560 g/mol. The molecule has 0 radical (unpaired) electrons. The molecule has 1 aromatic carbocycles. The van der Waals surface area contributed by atoms with Crippen LogP contribution in [0.1, 0.15) is 98.4 Å². The average Bonchev–Trinajstić information content (AvgIpc) is 3.59. The van der Waals surface area contributed by atoms with Crippen LogP contribution in [0.5, 0.6) is 0 Å². The minimum absolute atomic E-state index is 0.00576. The van der Waals surface area contributed by atoms with Crippen LogP contribution in [0.25, 0.3) is 0 Å². The van der Waals surface area contributed by atoms with Gasteiger partial charge in [-0.1, -0.05) is 30.7 Å². The van der Waals surface area contributed by atoms with Crippen LogP contribution in [-0.2, 0) is 6.42 Å². The summed E-state index contributed by atoms with van der Waals surface area (Å²) in [6.45, 7) is 8.80. The highest BCUT2D eigenvalue weighted by Crippen LogP contribution is 2.59. The Kier molecular flexibility index (Phi) is 7.86. The first kappa shape index (κ1) is 28.2. The van der Waals surface area contributed by atoms with Gasteiger partial charge in [0.1, 0.15) is 0 Å². The summed E-state index contributed by atoms with van der Waals surface area (Å²) in [6.07, 6.45) is 10.7. The van der Waals surface area contributed by atoms with Gasteiger partial charge in [0.05, 0.1) is 24.5 Å². The van der Waals surface area contributed by atoms with E-state index in [1.807, 2.05) is 6.07 Å². The van der Waals surface area contributed by atoms with Crippen molar-refractivity contribution in [3.05, 3.63) is 70.7 Å². The topological polar surface area (TPSA) is 89.5 Å². The van der Waals surface area contributed by atoms with E-state index in [-0.39, 0.29) is 11.7 Å². The van der Waals surface area contributed by atoms with Crippen LogP contribution >= 0.6 is 0 Å². The maximum absolute atomic E-state index is 13.8. The van der Waals surface area contributed by atoms with Crippen LogP contribution in [0.15, 0.2) is 57.7 Å². The third-order valence-corrected chi connectivity index (χ3v) is 10.4. The second-order valence-electron chi connectivity index (χ2n) is 13.1. The number of nitrogens with zero attached hydrogens (tertiary/aromatic N) is 3. The quantitative estimate of drug-likeness (QED) is 0.390. The molecule has 0 amide bonds. The number of furan rings is 1. The molecule has 5 aliphatic rings. The molecule has 2 aliphatic heterocycles. The van der Waals surface area contributed by atoms with E-state index in [0.29, 0.717) is 37.1 Å². The number of β-amino-alcohol motifs (C(OH)–C–C–N with tert-alkyl or cyclic N) is 1. The third-order valence-electron chi connectivity index (χ3n) is 10.4. The Bertz CT molecular complexity index is 1320. The first-order chi connectivity index (χ1) is 19.8. The van der Waals surface area contributed by atoms with E-state index in [4.69, 9.17) is 9.41 Å². The molecule has 2 fully saturated rings. The number of guanidine groups is 1. The molecule has 3 aliphatic carbocycles. The van der Waals surface area contributed by atoms with E-state index in [9.17, 15) is 15.0 Å². The second-order valence-corrected chi connectivity index (χ2v) is 13.1. The van der Waals surface area contributed by atoms with Gasteiger partial charge in [0, 0.05) is 37.2 Å². The minimum Gasteiger partial charge on any atom is -0.461 e. The van der Waals surface area contributed by atoms with Gasteiger partial charge in [-0.05, 0) is 100.0 Å². The highest BCUT2D eigenvalue weighted by atomic mass is 16.3. The van der Waals surface area contributed by atoms with E-state index < -0.39 is 17.1 Å². The molecule has 2 bridgehead atoms. The van der Waals surface area contributed by atoms with Crippen LogP contribution in [0.4, 0.5) is 0 Å². The molecule has 1 saturated carbocycles. The van der Waals surface area contributed by atoms with Crippen LogP contribution in [0, 0.1) is 5.41 Å². The summed E-state index contributed by atoms with van der Waals surface area (Å²) < 4.78 is 5.56. The fourth-order valence-electron chi connectivity index (χ4n) is 7.91. The number of fused-ring (bicyclic) bond motifs is 9. The monoisotopic (exact) mass is 559 g/mol. The van der Waals surface area contributed by atoms with Gasteiger partial charge < -0.3 is 24.4 Å². The lowest BCUT2D eigenvalue weighted by molar-refractivity contribution is -0.0772. The normalized spacial score (nSPS) is 30.7. The lowest BCUT2D eigenvalue weighted by Crippen LogP contribution is -2.59. The number of benzene rings is 1. The predicted octanol–water partition coefficient (Wildman–Crippen LogP) is 5.32. The molecular formula is C34H45N3O4. The van der Waals surface area contributed by atoms with Gasteiger partial charge in [-0.2, -0.15) is 0 Å². The van der Waals surface area contributed by atoms with E-state index >= 15 is 0 Å². The molecule has 41 heavy (non-hydrogen) atoms. The first-order valence-electron chi connectivity index (χ1n) is 15.6. The van der Waals surface area contributed by atoms with Gasteiger partial charge in [-0.3, -0.25) is 9.79 Å². The number of hydrogen-bond acceptors (Lipinski definition) is 7.